The fraction of sp³-hybridized carbons (Fsp3) is 0.227. The van der Waals surface area contributed by atoms with E-state index < -0.39 is 5.91 Å². The Morgan fingerprint density at radius 2 is 1.89 bits per heavy atom. The second-order valence-electron chi connectivity index (χ2n) is 6.49. The minimum absolute atomic E-state index is 0.121. The molecule has 0 saturated carbocycles. The van der Waals surface area contributed by atoms with Gasteiger partial charge in [-0.1, -0.05) is 47.5 Å². The molecule has 0 bridgehead atoms. The number of hydrogen-bond acceptors (Lipinski definition) is 4. The minimum Gasteiger partial charge on any atom is -0.488 e. The van der Waals surface area contributed by atoms with E-state index in [9.17, 15) is 9.90 Å². The molecule has 5 nitrogen and oxygen atoms in total. The van der Waals surface area contributed by atoms with E-state index in [1.165, 1.54) is 6.08 Å². The van der Waals surface area contributed by atoms with Gasteiger partial charge in [-0.25, -0.2) is 5.48 Å². The van der Waals surface area contributed by atoms with E-state index in [0.29, 0.717) is 29.4 Å². The van der Waals surface area contributed by atoms with Gasteiger partial charge in [-0.15, -0.1) is 0 Å². The quantitative estimate of drug-likeness (QED) is 0.264. The highest BCUT2D eigenvalue weighted by Crippen LogP contribution is 2.31. The first kappa shape index (κ1) is 21.7. The van der Waals surface area contributed by atoms with Crippen molar-refractivity contribution in [1.82, 2.24) is 5.48 Å². The molecule has 2 aromatic carbocycles. The fourth-order valence-electron chi connectivity index (χ4n) is 2.61. The highest BCUT2D eigenvalue weighted by molar-refractivity contribution is 6.30. The predicted molar refractivity (Wildman–Crippen MR) is 110 cm³/mol. The Balaban J connectivity index is 2.44. The van der Waals surface area contributed by atoms with Crippen LogP contribution in [0.15, 0.2) is 54.1 Å². The maximum Gasteiger partial charge on any atom is 0.267 e. The highest BCUT2D eigenvalue weighted by atomic mass is 35.5. The summed E-state index contributed by atoms with van der Waals surface area (Å²) in [5, 5.41) is 19.1. The van der Waals surface area contributed by atoms with Crippen molar-refractivity contribution in [3.05, 3.63) is 81.4 Å². The molecule has 3 N–H and O–H groups in total. The molecule has 2 rings (SSSR count). The molecule has 0 fully saturated rings. The van der Waals surface area contributed by atoms with Crippen molar-refractivity contribution in [3.63, 3.8) is 0 Å². The predicted octanol–water partition coefficient (Wildman–Crippen LogP) is 4.44. The number of amides is 1. The SMILES string of the molecule is CC(C)=CCc1c(CO)ccc(/C=C/C(=O)NO)c1OCc1ccc(Cl)cc1. The summed E-state index contributed by atoms with van der Waals surface area (Å²) >= 11 is 5.93. The minimum atomic E-state index is -0.638. The standard InChI is InChI=1S/C22H24ClNO4/c1-15(2)3-11-20-18(13-25)7-6-17(8-12-21(26)24-27)22(20)28-14-16-4-9-19(23)10-5-16/h3-10,12,25,27H,11,13-14H2,1-2H3,(H,24,26)/b12-8+. The Labute approximate surface area is 169 Å². The summed E-state index contributed by atoms with van der Waals surface area (Å²) in [6.45, 7) is 4.19. The Hall–Kier alpha value is -2.60. The summed E-state index contributed by atoms with van der Waals surface area (Å²) in [5.74, 6) is -0.0540. The van der Waals surface area contributed by atoms with E-state index in [1.54, 1.807) is 35.8 Å². The first-order chi connectivity index (χ1) is 13.4. The lowest BCUT2D eigenvalue weighted by Gasteiger charge is -2.17. The first-order valence-electron chi connectivity index (χ1n) is 8.83. The van der Waals surface area contributed by atoms with Crippen molar-refractivity contribution >= 4 is 23.6 Å². The number of rotatable bonds is 8. The second-order valence-corrected chi connectivity index (χ2v) is 6.93. The third-order valence-corrected chi connectivity index (χ3v) is 4.35. The molecule has 0 atom stereocenters. The number of carbonyl (C=O) groups excluding carboxylic acids is 1. The Bertz CT molecular complexity index is 869. The van der Waals surface area contributed by atoms with E-state index >= 15 is 0 Å². The number of halogens is 1. The Morgan fingerprint density at radius 1 is 1.18 bits per heavy atom. The third kappa shape index (κ3) is 6.23. The normalized spacial score (nSPS) is 10.8. The van der Waals surface area contributed by atoms with Crippen LogP contribution >= 0.6 is 11.6 Å². The van der Waals surface area contributed by atoms with Crippen LogP contribution in [0.3, 0.4) is 0 Å². The second kappa shape index (κ2) is 10.7. The number of ether oxygens (including phenoxy) is 1. The van der Waals surface area contributed by atoms with Gasteiger partial charge in [0.1, 0.15) is 12.4 Å². The van der Waals surface area contributed by atoms with Gasteiger partial charge in [0.25, 0.3) is 5.91 Å². The van der Waals surface area contributed by atoms with Gasteiger partial charge in [0.2, 0.25) is 0 Å². The Kier molecular flexibility index (Phi) is 8.26. The van der Waals surface area contributed by atoms with Crippen LogP contribution in [0.1, 0.15) is 36.1 Å². The highest BCUT2D eigenvalue weighted by Gasteiger charge is 2.13. The van der Waals surface area contributed by atoms with Crippen LogP contribution in [0.25, 0.3) is 6.08 Å². The summed E-state index contributed by atoms with van der Waals surface area (Å²) in [4.78, 5) is 11.4. The number of nitrogens with one attached hydrogen (secondary N) is 1. The maximum absolute atomic E-state index is 11.4. The van der Waals surface area contributed by atoms with Crippen molar-refractivity contribution in [3.8, 4) is 5.75 Å². The molecule has 6 heteroatoms. The van der Waals surface area contributed by atoms with Crippen LogP contribution in [0.2, 0.25) is 5.02 Å². The number of aliphatic hydroxyl groups excluding tert-OH is 1. The number of carbonyl (C=O) groups is 1. The zero-order valence-electron chi connectivity index (χ0n) is 15.9. The van der Waals surface area contributed by atoms with Crippen molar-refractivity contribution in [1.29, 1.82) is 0 Å². The summed E-state index contributed by atoms with van der Waals surface area (Å²) in [6, 6.07) is 10.9. The molecule has 0 spiro atoms. The number of hydrogen-bond donors (Lipinski definition) is 3. The fourth-order valence-corrected chi connectivity index (χ4v) is 2.73. The molecule has 0 aliphatic heterocycles. The van der Waals surface area contributed by atoms with Crippen LogP contribution in [0.5, 0.6) is 5.75 Å². The van der Waals surface area contributed by atoms with Gasteiger partial charge < -0.3 is 9.84 Å². The summed E-state index contributed by atoms with van der Waals surface area (Å²) < 4.78 is 6.11. The molecule has 0 radical (unpaired) electrons. The summed E-state index contributed by atoms with van der Waals surface area (Å²) in [7, 11) is 0. The van der Waals surface area contributed by atoms with Crippen molar-refractivity contribution in [2.45, 2.75) is 33.5 Å². The molecule has 0 heterocycles. The van der Waals surface area contributed by atoms with E-state index in [1.807, 2.05) is 26.0 Å². The van der Waals surface area contributed by atoms with Crippen LogP contribution in [0.4, 0.5) is 0 Å². The van der Waals surface area contributed by atoms with E-state index in [2.05, 4.69) is 6.08 Å². The van der Waals surface area contributed by atoms with Crippen molar-refractivity contribution in [2.75, 3.05) is 0 Å². The molecule has 0 aliphatic rings. The molecule has 0 aliphatic carbocycles. The van der Waals surface area contributed by atoms with Gasteiger partial charge in [0, 0.05) is 22.2 Å². The zero-order valence-corrected chi connectivity index (χ0v) is 16.7. The van der Waals surface area contributed by atoms with Gasteiger partial charge in [-0.3, -0.25) is 10.0 Å². The molecular weight excluding hydrogens is 378 g/mol. The van der Waals surface area contributed by atoms with Gasteiger partial charge in [0.05, 0.1) is 6.61 Å². The van der Waals surface area contributed by atoms with Gasteiger partial charge in [-0.05, 0) is 49.6 Å². The molecule has 148 valence electrons. The zero-order chi connectivity index (χ0) is 20.5. The molecule has 0 unspecified atom stereocenters. The molecule has 1 amide bonds. The van der Waals surface area contributed by atoms with Gasteiger partial charge in [-0.2, -0.15) is 0 Å². The van der Waals surface area contributed by atoms with E-state index in [4.69, 9.17) is 21.5 Å². The topological polar surface area (TPSA) is 78.8 Å². The lowest BCUT2D eigenvalue weighted by atomic mass is 9.98. The number of aliphatic hydroxyl groups is 1. The van der Waals surface area contributed by atoms with Crippen molar-refractivity contribution < 1.29 is 19.8 Å². The monoisotopic (exact) mass is 401 g/mol. The van der Waals surface area contributed by atoms with Crippen LogP contribution in [0, 0.1) is 0 Å². The van der Waals surface area contributed by atoms with Crippen LogP contribution in [-0.2, 0) is 24.4 Å². The van der Waals surface area contributed by atoms with Crippen LogP contribution in [-0.4, -0.2) is 16.2 Å². The van der Waals surface area contributed by atoms with Gasteiger partial charge >= 0.3 is 0 Å². The average Bonchev–Trinajstić information content (AvgIpc) is 2.69. The van der Waals surface area contributed by atoms with Gasteiger partial charge in [0.15, 0.2) is 0 Å². The number of allylic oxidation sites excluding steroid dienone is 2. The smallest absolute Gasteiger partial charge is 0.267 e. The average molecular weight is 402 g/mol. The molecular formula is C22H24ClNO4. The lowest BCUT2D eigenvalue weighted by Crippen LogP contribution is -2.14. The first-order valence-corrected chi connectivity index (χ1v) is 9.20. The van der Waals surface area contributed by atoms with Crippen molar-refractivity contribution in [2.24, 2.45) is 0 Å². The third-order valence-electron chi connectivity index (χ3n) is 4.09. The van der Waals surface area contributed by atoms with E-state index in [-0.39, 0.29) is 6.61 Å². The van der Waals surface area contributed by atoms with E-state index in [0.717, 1.165) is 22.3 Å². The van der Waals surface area contributed by atoms with Crippen LogP contribution < -0.4 is 10.2 Å². The lowest BCUT2D eigenvalue weighted by molar-refractivity contribution is -0.124. The number of hydroxylamine groups is 1. The Morgan fingerprint density at radius 3 is 2.50 bits per heavy atom. The maximum atomic E-state index is 11.4. The summed E-state index contributed by atoms with van der Waals surface area (Å²) in [6.07, 6.45) is 5.42. The number of benzene rings is 2. The summed E-state index contributed by atoms with van der Waals surface area (Å²) in [5.41, 5.74) is 5.93. The molecule has 28 heavy (non-hydrogen) atoms. The molecule has 2 aromatic rings. The molecule has 0 aromatic heterocycles. The molecule has 0 saturated heterocycles. The largest absolute Gasteiger partial charge is 0.488 e.